The molecule has 2 aliphatic heterocycles. The number of carbonyl (C=O) groups is 3. The number of fused-ring (bicyclic) bond motifs is 1. The zero-order chi connectivity index (χ0) is 20.7. The second kappa shape index (κ2) is 7.31. The Bertz CT molecular complexity index is 1020. The van der Waals surface area contributed by atoms with Crippen molar-refractivity contribution in [1.82, 2.24) is 0 Å². The fraction of sp³-hybridized carbons (Fsp3) is 0.318. The summed E-state index contributed by atoms with van der Waals surface area (Å²) in [5, 5.41) is 2.59. The number of carbonyl (C=O) groups excluding carboxylic acids is 3. The van der Waals surface area contributed by atoms with Gasteiger partial charge < -0.3 is 15.1 Å². The third kappa shape index (κ3) is 3.60. The van der Waals surface area contributed by atoms with Crippen LogP contribution in [0.2, 0.25) is 0 Å². The predicted molar refractivity (Wildman–Crippen MR) is 108 cm³/mol. The molecule has 2 aromatic rings. The maximum atomic E-state index is 14.0. The molecule has 2 heterocycles. The van der Waals surface area contributed by atoms with Crippen molar-refractivity contribution in [2.75, 3.05) is 28.2 Å². The van der Waals surface area contributed by atoms with Gasteiger partial charge in [0.15, 0.2) is 0 Å². The fourth-order valence-corrected chi connectivity index (χ4v) is 3.97. The van der Waals surface area contributed by atoms with Crippen LogP contribution in [0.3, 0.4) is 0 Å². The molecule has 2 aromatic carbocycles. The number of rotatable bonds is 3. The van der Waals surface area contributed by atoms with Crippen molar-refractivity contribution < 1.29 is 18.8 Å². The Balaban J connectivity index is 1.48. The van der Waals surface area contributed by atoms with E-state index in [4.69, 9.17) is 0 Å². The number of nitrogens with one attached hydrogen (secondary N) is 1. The van der Waals surface area contributed by atoms with E-state index in [9.17, 15) is 18.8 Å². The highest BCUT2D eigenvalue weighted by molar-refractivity contribution is 6.04. The molecular weight excluding hydrogens is 373 g/mol. The van der Waals surface area contributed by atoms with Crippen LogP contribution in [0.25, 0.3) is 0 Å². The van der Waals surface area contributed by atoms with Gasteiger partial charge in [-0.05, 0) is 54.8 Å². The average Bonchev–Trinajstić information content (AvgIpc) is 3.27. The van der Waals surface area contributed by atoms with Crippen molar-refractivity contribution in [1.29, 1.82) is 0 Å². The number of amides is 3. The molecule has 0 unspecified atom stereocenters. The predicted octanol–water partition coefficient (Wildman–Crippen LogP) is 3.03. The quantitative estimate of drug-likeness (QED) is 0.869. The fourth-order valence-electron chi connectivity index (χ4n) is 3.97. The van der Waals surface area contributed by atoms with Crippen molar-refractivity contribution in [3.05, 3.63) is 53.3 Å². The molecule has 7 heteroatoms. The SMILES string of the molecule is CC(=O)N1CCc2cc(N3C[C@H](C(=O)Nc4ccc(C)cc4F)CC3=O)ccc21. The van der Waals surface area contributed by atoms with Gasteiger partial charge in [0, 0.05) is 37.8 Å². The van der Waals surface area contributed by atoms with Crippen molar-refractivity contribution >= 4 is 34.8 Å². The lowest BCUT2D eigenvalue weighted by molar-refractivity contribution is -0.122. The van der Waals surface area contributed by atoms with Crippen LogP contribution in [-0.2, 0) is 20.8 Å². The Morgan fingerprint density at radius 1 is 1.17 bits per heavy atom. The third-order valence-corrected chi connectivity index (χ3v) is 5.53. The van der Waals surface area contributed by atoms with Crippen molar-refractivity contribution in [3.8, 4) is 0 Å². The van der Waals surface area contributed by atoms with Crippen LogP contribution in [0.4, 0.5) is 21.5 Å². The lowest BCUT2D eigenvalue weighted by Crippen LogP contribution is -2.28. The Hall–Kier alpha value is -3.22. The number of aryl methyl sites for hydroxylation is 1. The highest BCUT2D eigenvalue weighted by Gasteiger charge is 2.36. The Morgan fingerprint density at radius 3 is 2.69 bits per heavy atom. The van der Waals surface area contributed by atoms with Gasteiger partial charge in [0.25, 0.3) is 0 Å². The van der Waals surface area contributed by atoms with Crippen LogP contribution >= 0.6 is 0 Å². The smallest absolute Gasteiger partial charge is 0.229 e. The molecule has 6 nitrogen and oxygen atoms in total. The molecule has 29 heavy (non-hydrogen) atoms. The topological polar surface area (TPSA) is 69.7 Å². The molecule has 150 valence electrons. The first kappa shape index (κ1) is 19.1. The van der Waals surface area contributed by atoms with Gasteiger partial charge in [0.1, 0.15) is 5.82 Å². The Morgan fingerprint density at radius 2 is 1.97 bits per heavy atom. The molecule has 1 atom stereocenters. The van der Waals surface area contributed by atoms with Crippen LogP contribution in [0.5, 0.6) is 0 Å². The Labute approximate surface area is 168 Å². The summed E-state index contributed by atoms with van der Waals surface area (Å²) >= 11 is 0. The molecule has 0 radical (unpaired) electrons. The van der Waals surface area contributed by atoms with Gasteiger partial charge in [0.05, 0.1) is 11.6 Å². The number of halogens is 1. The van der Waals surface area contributed by atoms with E-state index in [1.54, 1.807) is 28.9 Å². The molecule has 1 saturated heterocycles. The molecule has 3 amide bonds. The van der Waals surface area contributed by atoms with Gasteiger partial charge in [-0.15, -0.1) is 0 Å². The van der Waals surface area contributed by atoms with Crippen molar-refractivity contribution in [2.45, 2.75) is 26.7 Å². The highest BCUT2D eigenvalue weighted by Crippen LogP contribution is 2.34. The molecule has 0 bridgehead atoms. The minimum absolute atomic E-state index is 0.00572. The summed E-state index contributed by atoms with van der Waals surface area (Å²) in [4.78, 5) is 40.1. The van der Waals surface area contributed by atoms with E-state index in [0.29, 0.717) is 6.54 Å². The van der Waals surface area contributed by atoms with Crippen LogP contribution in [0.15, 0.2) is 36.4 Å². The molecule has 4 rings (SSSR count). The third-order valence-electron chi connectivity index (χ3n) is 5.53. The summed E-state index contributed by atoms with van der Waals surface area (Å²) in [5.74, 6) is -1.56. The van der Waals surface area contributed by atoms with E-state index in [1.807, 2.05) is 12.1 Å². The van der Waals surface area contributed by atoms with E-state index < -0.39 is 11.7 Å². The zero-order valence-electron chi connectivity index (χ0n) is 16.4. The van der Waals surface area contributed by atoms with Gasteiger partial charge in [-0.1, -0.05) is 6.07 Å². The molecule has 1 fully saturated rings. The number of anilines is 3. The number of nitrogens with zero attached hydrogens (tertiary/aromatic N) is 2. The summed E-state index contributed by atoms with van der Waals surface area (Å²) in [5.41, 5.74) is 3.49. The van der Waals surface area contributed by atoms with Gasteiger partial charge in [-0.3, -0.25) is 14.4 Å². The number of benzene rings is 2. The zero-order valence-corrected chi connectivity index (χ0v) is 16.4. The summed E-state index contributed by atoms with van der Waals surface area (Å²) < 4.78 is 14.0. The van der Waals surface area contributed by atoms with Gasteiger partial charge in [0.2, 0.25) is 17.7 Å². The first-order chi connectivity index (χ1) is 13.8. The Kier molecular flexibility index (Phi) is 4.82. The van der Waals surface area contributed by atoms with Gasteiger partial charge in [-0.2, -0.15) is 0 Å². The molecule has 0 spiro atoms. The summed E-state index contributed by atoms with van der Waals surface area (Å²) in [6.07, 6.45) is 0.817. The number of hydrogen-bond donors (Lipinski definition) is 1. The lowest BCUT2D eigenvalue weighted by Gasteiger charge is -2.19. The maximum Gasteiger partial charge on any atom is 0.229 e. The second-order valence-corrected chi connectivity index (χ2v) is 7.61. The van der Waals surface area contributed by atoms with Crippen LogP contribution < -0.4 is 15.1 Å². The van der Waals surface area contributed by atoms with E-state index >= 15 is 0 Å². The number of hydrogen-bond acceptors (Lipinski definition) is 3. The lowest BCUT2D eigenvalue weighted by atomic mass is 10.1. The van der Waals surface area contributed by atoms with E-state index in [1.165, 1.54) is 19.1 Å². The van der Waals surface area contributed by atoms with Crippen LogP contribution in [0.1, 0.15) is 24.5 Å². The van der Waals surface area contributed by atoms with E-state index in [2.05, 4.69) is 5.32 Å². The van der Waals surface area contributed by atoms with Gasteiger partial charge >= 0.3 is 0 Å². The maximum absolute atomic E-state index is 14.0. The average molecular weight is 395 g/mol. The van der Waals surface area contributed by atoms with E-state index in [0.717, 1.165) is 28.9 Å². The van der Waals surface area contributed by atoms with Crippen LogP contribution in [0, 0.1) is 18.7 Å². The van der Waals surface area contributed by atoms with Crippen molar-refractivity contribution in [3.63, 3.8) is 0 Å². The summed E-state index contributed by atoms with van der Waals surface area (Å²) in [6.45, 7) is 4.18. The highest BCUT2D eigenvalue weighted by atomic mass is 19.1. The molecule has 0 aliphatic carbocycles. The summed E-state index contributed by atoms with van der Waals surface area (Å²) in [7, 11) is 0. The van der Waals surface area contributed by atoms with Crippen LogP contribution in [-0.4, -0.2) is 30.8 Å². The second-order valence-electron chi connectivity index (χ2n) is 7.61. The minimum atomic E-state index is -0.551. The first-order valence-electron chi connectivity index (χ1n) is 9.62. The molecule has 1 N–H and O–H groups in total. The molecule has 2 aliphatic rings. The molecule has 0 saturated carbocycles. The normalized spacial score (nSPS) is 18.2. The monoisotopic (exact) mass is 395 g/mol. The molecule has 0 aromatic heterocycles. The molecular formula is C22H22FN3O3. The van der Waals surface area contributed by atoms with E-state index in [-0.39, 0.29) is 36.4 Å². The largest absolute Gasteiger partial charge is 0.323 e. The summed E-state index contributed by atoms with van der Waals surface area (Å²) in [6, 6.07) is 10.2. The van der Waals surface area contributed by atoms with Gasteiger partial charge in [-0.25, -0.2) is 4.39 Å². The standard InChI is InChI=1S/C22H22FN3O3/c1-13-3-5-19(18(23)9-13)24-22(29)16-11-21(28)26(12-16)17-4-6-20-15(10-17)7-8-25(20)14(2)27/h3-6,9-10,16H,7-8,11-12H2,1-2H3,(H,24,29)/t16-/m1/s1. The minimum Gasteiger partial charge on any atom is -0.323 e. The first-order valence-corrected chi connectivity index (χ1v) is 9.62. The van der Waals surface area contributed by atoms with Crippen molar-refractivity contribution in [2.24, 2.45) is 5.92 Å².